The van der Waals surface area contributed by atoms with Gasteiger partial charge in [-0.1, -0.05) is 0 Å². The maximum absolute atomic E-state index is 11.5. The van der Waals surface area contributed by atoms with E-state index in [1.807, 2.05) is 0 Å². The van der Waals surface area contributed by atoms with Crippen molar-refractivity contribution in [2.45, 2.75) is 18.9 Å². The Morgan fingerprint density at radius 3 is 3.00 bits per heavy atom. The quantitative estimate of drug-likeness (QED) is 0.585. The molecule has 2 rings (SSSR count). The Hall–Kier alpha value is -2.12. The average Bonchev–Trinajstić information content (AvgIpc) is 2.84. The van der Waals surface area contributed by atoms with E-state index in [1.165, 1.54) is 0 Å². The minimum atomic E-state index is -0.458. The van der Waals surface area contributed by atoms with Gasteiger partial charge in [-0.25, -0.2) is 4.63 Å². The van der Waals surface area contributed by atoms with Crippen molar-refractivity contribution in [3.8, 4) is 0 Å². The number of nitrogens with one attached hydrogen (secondary N) is 2. The molecule has 0 aliphatic carbocycles. The Morgan fingerprint density at radius 1 is 1.62 bits per heavy atom. The third kappa shape index (κ3) is 2.10. The molecular formula is C8H11N5O3. The predicted octanol–water partition coefficient (Wildman–Crippen LogP) is -1.34. The van der Waals surface area contributed by atoms with Crippen LogP contribution in [0, 0.1) is 0 Å². The highest BCUT2D eigenvalue weighted by atomic mass is 16.6. The van der Waals surface area contributed by atoms with Gasteiger partial charge in [-0.2, -0.15) is 0 Å². The normalized spacial score (nSPS) is 19.5. The van der Waals surface area contributed by atoms with Gasteiger partial charge in [0.2, 0.25) is 17.4 Å². The molecule has 1 aliphatic heterocycles. The summed E-state index contributed by atoms with van der Waals surface area (Å²) in [6.45, 7) is 0.344. The molecule has 1 aromatic rings. The Morgan fingerprint density at radius 2 is 2.44 bits per heavy atom. The lowest BCUT2D eigenvalue weighted by Crippen LogP contribution is -2.38. The third-order valence-corrected chi connectivity index (χ3v) is 2.32. The van der Waals surface area contributed by atoms with E-state index < -0.39 is 5.91 Å². The van der Waals surface area contributed by atoms with E-state index in [-0.39, 0.29) is 23.5 Å². The molecule has 1 atom stereocenters. The highest BCUT2D eigenvalue weighted by molar-refractivity contribution is 5.96. The van der Waals surface area contributed by atoms with Gasteiger partial charge in [0.15, 0.2) is 0 Å². The van der Waals surface area contributed by atoms with E-state index in [2.05, 4.69) is 25.6 Å². The Labute approximate surface area is 90.5 Å². The standard InChI is InChI=1S/C8H11N5O3/c9-7-6(12-16-13-7)8(15)10-3-4-1-2-5(14)11-4/h4H,1-3H2,(H2,9,13)(H,10,15)(H,11,14). The van der Waals surface area contributed by atoms with Crippen molar-refractivity contribution >= 4 is 17.6 Å². The summed E-state index contributed by atoms with van der Waals surface area (Å²) in [6, 6.07) is -0.0301. The number of rotatable bonds is 3. The van der Waals surface area contributed by atoms with E-state index >= 15 is 0 Å². The largest absolute Gasteiger partial charge is 0.379 e. The van der Waals surface area contributed by atoms with E-state index in [1.54, 1.807) is 0 Å². The number of aromatic nitrogens is 2. The zero-order chi connectivity index (χ0) is 11.5. The van der Waals surface area contributed by atoms with Crippen LogP contribution < -0.4 is 16.4 Å². The van der Waals surface area contributed by atoms with Crippen LogP contribution in [0.1, 0.15) is 23.3 Å². The fraction of sp³-hybridized carbons (Fsp3) is 0.500. The monoisotopic (exact) mass is 225 g/mol. The molecule has 0 saturated carbocycles. The van der Waals surface area contributed by atoms with Crippen LogP contribution in [-0.4, -0.2) is 34.7 Å². The summed E-state index contributed by atoms with van der Waals surface area (Å²) >= 11 is 0. The summed E-state index contributed by atoms with van der Waals surface area (Å²) in [6.07, 6.45) is 1.21. The first-order valence-electron chi connectivity index (χ1n) is 4.82. The topological polar surface area (TPSA) is 123 Å². The average molecular weight is 225 g/mol. The molecule has 0 aromatic carbocycles. The molecule has 2 amide bonds. The first kappa shape index (κ1) is 10.4. The van der Waals surface area contributed by atoms with E-state index in [9.17, 15) is 9.59 Å². The van der Waals surface area contributed by atoms with E-state index in [4.69, 9.17) is 5.73 Å². The molecule has 0 radical (unpaired) electrons. The highest BCUT2D eigenvalue weighted by Crippen LogP contribution is 2.06. The van der Waals surface area contributed by atoms with E-state index in [0.29, 0.717) is 19.4 Å². The molecule has 8 heteroatoms. The van der Waals surface area contributed by atoms with Crippen LogP contribution in [0.2, 0.25) is 0 Å². The van der Waals surface area contributed by atoms with Crippen LogP contribution in [-0.2, 0) is 4.79 Å². The van der Waals surface area contributed by atoms with Gasteiger partial charge in [0.25, 0.3) is 5.91 Å². The van der Waals surface area contributed by atoms with Gasteiger partial charge in [0, 0.05) is 19.0 Å². The van der Waals surface area contributed by atoms with Crippen LogP contribution in [0.25, 0.3) is 0 Å². The first-order chi connectivity index (χ1) is 7.66. The second-order valence-electron chi connectivity index (χ2n) is 3.51. The molecular weight excluding hydrogens is 214 g/mol. The molecule has 4 N–H and O–H groups in total. The van der Waals surface area contributed by atoms with Crippen molar-refractivity contribution in [2.75, 3.05) is 12.3 Å². The number of carbonyl (C=O) groups excluding carboxylic acids is 2. The van der Waals surface area contributed by atoms with Crippen molar-refractivity contribution in [3.63, 3.8) is 0 Å². The summed E-state index contributed by atoms with van der Waals surface area (Å²) in [7, 11) is 0. The molecule has 1 aromatic heterocycles. The molecule has 1 saturated heterocycles. The van der Waals surface area contributed by atoms with Crippen LogP contribution in [0.5, 0.6) is 0 Å². The van der Waals surface area contributed by atoms with Crippen LogP contribution >= 0.6 is 0 Å². The van der Waals surface area contributed by atoms with Gasteiger partial charge in [0.1, 0.15) is 0 Å². The van der Waals surface area contributed by atoms with Crippen LogP contribution in [0.3, 0.4) is 0 Å². The van der Waals surface area contributed by atoms with Crippen molar-refractivity contribution in [1.29, 1.82) is 0 Å². The van der Waals surface area contributed by atoms with Crippen molar-refractivity contribution < 1.29 is 14.2 Å². The fourth-order valence-corrected chi connectivity index (χ4v) is 1.48. The lowest BCUT2D eigenvalue weighted by molar-refractivity contribution is -0.119. The number of nitrogen functional groups attached to an aromatic ring is 1. The molecule has 1 aliphatic rings. The predicted molar refractivity (Wildman–Crippen MR) is 52.2 cm³/mol. The number of amides is 2. The van der Waals surface area contributed by atoms with Crippen LogP contribution in [0.4, 0.5) is 5.82 Å². The minimum Gasteiger partial charge on any atom is -0.379 e. The number of anilines is 1. The maximum Gasteiger partial charge on any atom is 0.277 e. The Balaban J connectivity index is 1.85. The first-order valence-corrected chi connectivity index (χ1v) is 4.82. The summed E-state index contributed by atoms with van der Waals surface area (Å²) in [4.78, 5) is 22.4. The molecule has 8 nitrogen and oxygen atoms in total. The third-order valence-electron chi connectivity index (χ3n) is 2.32. The second-order valence-corrected chi connectivity index (χ2v) is 3.51. The summed E-state index contributed by atoms with van der Waals surface area (Å²) in [5.41, 5.74) is 5.31. The summed E-state index contributed by atoms with van der Waals surface area (Å²) in [5, 5.41) is 12.0. The second kappa shape index (κ2) is 4.17. The molecule has 1 fully saturated rings. The van der Waals surface area contributed by atoms with Gasteiger partial charge in [-0.05, 0) is 16.7 Å². The van der Waals surface area contributed by atoms with E-state index in [0.717, 1.165) is 0 Å². The molecule has 0 spiro atoms. The van der Waals surface area contributed by atoms with Gasteiger partial charge in [-0.15, -0.1) is 0 Å². The number of hydrogen-bond donors (Lipinski definition) is 3. The number of nitrogens with two attached hydrogens (primary N) is 1. The molecule has 16 heavy (non-hydrogen) atoms. The Kier molecular flexibility index (Phi) is 2.71. The number of nitrogens with zero attached hydrogens (tertiary/aromatic N) is 2. The van der Waals surface area contributed by atoms with Gasteiger partial charge in [-0.3, -0.25) is 9.59 Å². The number of hydrogen-bond acceptors (Lipinski definition) is 6. The van der Waals surface area contributed by atoms with Crippen molar-refractivity contribution in [2.24, 2.45) is 0 Å². The molecule has 0 bridgehead atoms. The highest BCUT2D eigenvalue weighted by Gasteiger charge is 2.22. The van der Waals surface area contributed by atoms with Gasteiger partial charge in [0.05, 0.1) is 0 Å². The Bertz CT molecular complexity index is 416. The zero-order valence-electron chi connectivity index (χ0n) is 8.40. The van der Waals surface area contributed by atoms with Crippen molar-refractivity contribution in [1.82, 2.24) is 20.9 Å². The maximum atomic E-state index is 11.5. The summed E-state index contributed by atoms with van der Waals surface area (Å²) < 4.78 is 4.30. The SMILES string of the molecule is Nc1nonc1C(=O)NCC1CCC(=O)N1. The fourth-order valence-electron chi connectivity index (χ4n) is 1.48. The van der Waals surface area contributed by atoms with Crippen LogP contribution in [0.15, 0.2) is 4.63 Å². The lowest BCUT2D eigenvalue weighted by Gasteiger charge is -2.09. The van der Waals surface area contributed by atoms with Gasteiger partial charge < -0.3 is 16.4 Å². The number of carbonyl (C=O) groups is 2. The summed E-state index contributed by atoms with van der Waals surface area (Å²) in [5.74, 6) is -0.505. The molecule has 86 valence electrons. The molecule has 2 heterocycles. The smallest absolute Gasteiger partial charge is 0.277 e. The molecule has 1 unspecified atom stereocenters. The van der Waals surface area contributed by atoms with Gasteiger partial charge >= 0.3 is 0 Å². The lowest BCUT2D eigenvalue weighted by atomic mass is 10.2. The zero-order valence-corrected chi connectivity index (χ0v) is 8.40. The minimum absolute atomic E-state index is 0.00173. The van der Waals surface area contributed by atoms with Crippen molar-refractivity contribution in [3.05, 3.63) is 5.69 Å².